The molecule has 0 amide bonds. The number of aromatic nitrogens is 1. The second kappa shape index (κ2) is 4.98. The van der Waals surface area contributed by atoms with E-state index in [1.54, 1.807) is 6.07 Å². The van der Waals surface area contributed by atoms with Gasteiger partial charge in [0.05, 0.1) is 5.52 Å². The van der Waals surface area contributed by atoms with Crippen molar-refractivity contribution in [3.05, 3.63) is 76.6 Å². The molecule has 0 radical (unpaired) electrons. The number of para-hydroxylation sites is 1. The van der Waals surface area contributed by atoms with Crippen molar-refractivity contribution in [1.82, 2.24) is 4.98 Å². The molecular weight excluding hydrogens is 238 g/mol. The number of pyridine rings is 1. The summed E-state index contributed by atoms with van der Waals surface area (Å²) in [5, 5.41) is 0.963. The minimum Gasteiger partial charge on any atom is -0.487 e. The molecule has 0 saturated carbocycles. The largest absolute Gasteiger partial charge is 0.487 e. The average molecular weight is 251 g/mol. The molecule has 3 rings (SSSR count). The van der Waals surface area contributed by atoms with Crippen LogP contribution < -0.4 is 10.3 Å². The molecule has 0 bridgehead atoms. The number of ether oxygens (including phenoxy) is 1. The van der Waals surface area contributed by atoms with Gasteiger partial charge in [0.2, 0.25) is 5.56 Å². The van der Waals surface area contributed by atoms with Crippen molar-refractivity contribution in [2.75, 3.05) is 0 Å². The van der Waals surface area contributed by atoms with E-state index in [2.05, 4.69) is 4.98 Å². The first-order valence-corrected chi connectivity index (χ1v) is 6.12. The standard InChI is InChI=1S/C16H13NO2/c18-15-10-9-13-7-4-8-14(16(13)17-15)19-11-12-5-2-1-3-6-12/h1-10H,11H2,(H,17,18). The predicted octanol–water partition coefficient (Wildman–Crippen LogP) is 3.11. The minimum absolute atomic E-state index is 0.122. The summed E-state index contributed by atoms with van der Waals surface area (Å²) in [6.07, 6.45) is 0. The molecule has 0 aliphatic heterocycles. The first kappa shape index (κ1) is 11.5. The van der Waals surface area contributed by atoms with E-state index in [1.807, 2.05) is 48.5 Å². The van der Waals surface area contributed by atoms with E-state index in [4.69, 9.17) is 4.74 Å². The molecule has 2 aromatic carbocycles. The SMILES string of the molecule is O=c1ccc2cccc(OCc3ccccc3)c2[nH]1. The van der Waals surface area contributed by atoms with E-state index in [0.29, 0.717) is 12.4 Å². The van der Waals surface area contributed by atoms with Crippen LogP contribution in [0.5, 0.6) is 5.75 Å². The fourth-order valence-corrected chi connectivity index (χ4v) is 2.01. The molecule has 1 aromatic heterocycles. The number of H-pyrrole nitrogens is 1. The van der Waals surface area contributed by atoms with Crippen molar-refractivity contribution in [1.29, 1.82) is 0 Å². The van der Waals surface area contributed by atoms with Crippen molar-refractivity contribution in [3.8, 4) is 5.75 Å². The Morgan fingerprint density at radius 1 is 0.895 bits per heavy atom. The van der Waals surface area contributed by atoms with Crippen LogP contribution >= 0.6 is 0 Å². The van der Waals surface area contributed by atoms with E-state index >= 15 is 0 Å². The molecule has 1 heterocycles. The van der Waals surface area contributed by atoms with Crippen LogP contribution in [-0.4, -0.2) is 4.98 Å². The Hall–Kier alpha value is -2.55. The zero-order valence-electron chi connectivity index (χ0n) is 10.3. The third-order valence-corrected chi connectivity index (χ3v) is 2.96. The summed E-state index contributed by atoms with van der Waals surface area (Å²) in [4.78, 5) is 14.2. The number of nitrogens with one attached hydrogen (secondary N) is 1. The minimum atomic E-state index is -0.122. The maximum atomic E-state index is 11.4. The Kier molecular flexibility index (Phi) is 3.02. The highest BCUT2D eigenvalue weighted by Gasteiger charge is 2.03. The second-order valence-corrected chi connectivity index (χ2v) is 4.32. The van der Waals surface area contributed by atoms with Crippen LogP contribution in [0, 0.1) is 0 Å². The second-order valence-electron chi connectivity index (χ2n) is 4.32. The van der Waals surface area contributed by atoms with Crippen LogP contribution in [0.25, 0.3) is 10.9 Å². The summed E-state index contributed by atoms with van der Waals surface area (Å²) >= 11 is 0. The van der Waals surface area contributed by atoms with Gasteiger partial charge in [0.25, 0.3) is 0 Å². The fraction of sp³-hybridized carbons (Fsp3) is 0.0625. The number of hydrogen-bond donors (Lipinski definition) is 1. The summed E-state index contributed by atoms with van der Waals surface area (Å²) in [7, 11) is 0. The molecule has 0 aliphatic rings. The van der Waals surface area contributed by atoms with Gasteiger partial charge in [0.15, 0.2) is 0 Å². The molecule has 3 aromatic rings. The van der Waals surface area contributed by atoms with Gasteiger partial charge in [0.1, 0.15) is 12.4 Å². The van der Waals surface area contributed by atoms with Gasteiger partial charge < -0.3 is 9.72 Å². The molecule has 1 N–H and O–H groups in total. The lowest BCUT2D eigenvalue weighted by molar-refractivity contribution is 0.309. The predicted molar refractivity (Wildman–Crippen MR) is 75.3 cm³/mol. The highest BCUT2D eigenvalue weighted by atomic mass is 16.5. The van der Waals surface area contributed by atoms with E-state index in [9.17, 15) is 4.79 Å². The zero-order valence-corrected chi connectivity index (χ0v) is 10.3. The third kappa shape index (κ3) is 2.50. The first-order valence-electron chi connectivity index (χ1n) is 6.12. The topological polar surface area (TPSA) is 42.1 Å². The summed E-state index contributed by atoms with van der Waals surface area (Å²) in [5.41, 5.74) is 1.71. The highest BCUT2D eigenvalue weighted by molar-refractivity contribution is 5.84. The maximum absolute atomic E-state index is 11.4. The Labute approximate surface area is 110 Å². The lowest BCUT2D eigenvalue weighted by Crippen LogP contribution is -2.04. The van der Waals surface area contributed by atoms with Gasteiger partial charge >= 0.3 is 0 Å². The van der Waals surface area contributed by atoms with Gasteiger partial charge in [-0.25, -0.2) is 0 Å². The molecule has 0 saturated heterocycles. The third-order valence-electron chi connectivity index (χ3n) is 2.96. The number of aromatic amines is 1. The normalized spacial score (nSPS) is 10.5. The summed E-state index contributed by atoms with van der Waals surface area (Å²) in [5.74, 6) is 0.694. The van der Waals surface area contributed by atoms with Gasteiger partial charge in [-0.3, -0.25) is 4.79 Å². The molecule has 0 atom stereocenters. The van der Waals surface area contributed by atoms with Gasteiger partial charge in [-0.2, -0.15) is 0 Å². The van der Waals surface area contributed by atoms with Crippen molar-refractivity contribution >= 4 is 10.9 Å². The van der Waals surface area contributed by atoms with Gasteiger partial charge in [-0.05, 0) is 17.7 Å². The maximum Gasteiger partial charge on any atom is 0.248 e. The molecule has 94 valence electrons. The van der Waals surface area contributed by atoms with Crippen LogP contribution in [0.15, 0.2) is 65.5 Å². The molecule has 0 fully saturated rings. The fourth-order valence-electron chi connectivity index (χ4n) is 2.01. The zero-order chi connectivity index (χ0) is 13.1. The first-order chi connectivity index (χ1) is 9.33. The van der Waals surface area contributed by atoms with Gasteiger partial charge in [-0.15, -0.1) is 0 Å². The van der Waals surface area contributed by atoms with E-state index < -0.39 is 0 Å². The number of hydrogen-bond acceptors (Lipinski definition) is 2. The molecular formula is C16H13NO2. The number of benzene rings is 2. The highest BCUT2D eigenvalue weighted by Crippen LogP contribution is 2.22. The summed E-state index contributed by atoms with van der Waals surface area (Å²) in [6.45, 7) is 0.483. The van der Waals surface area contributed by atoms with Crippen LogP contribution in [-0.2, 0) is 6.61 Å². The van der Waals surface area contributed by atoms with Crippen LogP contribution in [0.2, 0.25) is 0 Å². The van der Waals surface area contributed by atoms with Gasteiger partial charge in [-0.1, -0.05) is 42.5 Å². The Balaban J connectivity index is 1.93. The van der Waals surface area contributed by atoms with E-state index in [1.165, 1.54) is 6.07 Å². The molecule has 0 unspecified atom stereocenters. The summed E-state index contributed by atoms with van der Waals surface area (Å²) in [6, 6.07) is 19.0. The van der Waals surface area contributed by atoms with Crippen molar-refractivity contribution < 1.29 is 4.74 Å². The molecule has 3 nitrogen and oxygen atoms in total. The smallest absolute Gasteiger partial charge is 0.248 e. The monoisotopic (exact) mass is 251 g/mol. The van der Waals surface area contributed by atoms with Crippen LogP contribution in [0.3, 0.4) is 0 Å². The molecule has 0 aliphatic carbocycles. The Bertz CT molecular complexity index is 747. The quantitative estimate of drug-likeness (QED) is 0.777. The molecule has 0 spiro atoms. The van der Waals surface area contributed by atoms with E-state index in [-0.39, 0.29) is 5.56 Å². The summed E-state index contributed by atoms with van der Waals surface area (Å²) < 4.78 is 5.79. The average Bonchev–Trinajstić information content (AvgIpc) is 2.46. The number of rotatable bonds is 3. The molecule has 3 heteroatoms. The van der Waals surface area contributed by atoms with Crippen molar-refractivity contribution in [3.63, 3.8) is 0 Å². The lowest BCUT2D eigenvalue weighted by Gasteiger charge is -2.08. The van der Waals surface area contributed by atoms with Gasteiger partial charge in [0, 0.05) is 11.5 Å². The lowest BCUT2D eigenvalue weighted by atomic mass is 10.2. The van der Waals surface area contributed by atoms with Crippen molar-refractivity contribution in [2.45, 2.75) is 6.61 Å². The Morgan fingerprint density at radius 2 is 1.74 bits per heavy atom. The molecule has 19 heavy (non-hydrogen) atoms. The van der Waals surface area contributed by atoms with E-state index in [0.717, 1.165) is 16.5 Å². The Morgan fingerprint density at radius 3 is 2.58 bits per heavy atom. The van der Waals surface area contributed by atoms with Crippen molar-refractivity contribution in [2.24, 2.45) is 0 Å². The number of fused-ring (bicyclic) bond motifs is 1. The van der Waals surface area contributed by atoms with Crippen LogP contribution in [0.4, 0.5) is 0 Å². The van der Waals surface area contributed by atoms with Crippen LogP contribution in [0.1, 0.15) is 5.56 Å².